The van der Waals surface area contributed by atoms with E-state index in [9.17, 15) is 19.2 Å². The van der Waals surface area contributed by atoms with Gasteiger partial charge in [-0.05, 0) is 37.8 Å². The minimum absolute atomic E-state index is 0.0222. The monoisotopic (exact) mass is 459 g/mol. The molecule has 3 rings (SSSR count). The lowest BCUT2D eigenvalue weighted by Crippen LogP contribution is -2.49. The van der Waals surface area contributed by atoms with Crippen LogP contribution >= 0.6 is 11.6 Å². The molecule has 0 saturated carbocycles. The summed E-state index contributed by atoms with van der Waals surface area (Å²) >= 11 is 6.31. The van der Waals surface area contributed by atoms with Crippen LogP contribution in [0.4, 0.5) is 0 Å². The van der Waals surface area contributed by atoms with Gasteiger partial charge in [-0.1, -0.05) is 48.9 Å². The zero-order chi connectivity index (χ0) is 23.3. The maximum absolute atomic E-state index is 13.3. The van der Waals surface area contributed by atoms with Gasteiger partial charge in [-0.2, -0.15) is 0 Å². The molecule has 1 aliphatic heterocycles. The van der Waals surface area contributed by atoms with E-state index in [1.807, 2.05) is 38.1 Å². The summed E-state index contributed by atoms with van der Waals surface area (Å²) < 4.78 is 0. The quantitative estimate of drug-likeness (QED) is 0.454. The Labute approximate surface area is 193 Å². The third-order valence-corrected chi connectivity index (χ3v) is 6.55. The second kappa shape index (κ2) is 10.8. The number of imide groups is 1. The second-order valence-electron chi connectivity index (χ2n) is 8.17. The van der Waals surface area contributed by atoms with E-state index in [1.54, 1.807) is 12.1 Å². The molecular weight excluding hydrogens is 430 g/mol. The highest BCUT2D eigenvalue weighted by molar-refractivity contribution is 6.31. The van der Waals surface area contributed by atoms with Gasteiger partial charge in [-0.25, -0.2) is 0 Å². The predicted molar refractivity (Wildman–Crippen MR) is 121 cm³/mol. The largest absolute Gasteiger partial charge is 0.355 e. The molecule has 0 unspecified atom stereocenters. The number of nitrogens with one attached hydrogen (secondary N) is 1. The summed E-state index contributed by atoms with van der Waals surface area (Å²) in [6, 6.07) is 6.52. The van der Waals surface area contributed by atoms with Gasteiger partial charge in [0.15, 0.2) is 0 Å². The van der Waals surface area contributed by atoms with Crippen LogP contribution in [-0.2, 0) is 25.7 Å². The molecule has 1 heterocycles. The lowest BCUT2D eigenvalue weighted by Gasteiger charge is -2.31. The van der Waals surface area contributed by atoms with E-state index in [0.717, 1.165) is 5.56 Å². The number of hydrogen-bond acceptors (Lipinski definition) is 4. The van der Waals surface area contributed by atoms with Crippen LogP contribution in [0, 0.1) is 11.8 Å². The summed E-state index contributed by atoms with van der Waals surface area (Å²) in [5, 5.41) is 3.30. The number of rotatable bonds is 9. The van der Waals surface area contributed by atoms with Crippen molar-refractivity contribution in [2.45, 2.75) is 52.1 Å². The predicted octanol–water partition coefficient (Wildman–Crippen LogP) is 2.92. The Morgan fingerprint density at radius 1 is 1.12 bits per heavy atom. The van der Waals surface area contributed by atoms with E-state index in [0.29, 0.717) is 30.8 Å². The van der Waals surface area contributed by atoms with Crippen LogP contribution in [0.15, 0.2) is 36.4 Å². The van der Waals surface area contributed by atoms with E-state index in [-0.39, 0.29) is 55.0 Å². The molecule has 8 heteroatoms. The number of fused-ring (bicyclic) bond motifs is 1. The third kappa shape index (κ3) is 5.04. The number of allylic oxidation sites excluding steroid dienone is 2. The maximum atomic E-state index is 13.3. The van der Waals surface area contributed by atoms with Crippen molar-refractivity contribution in [3.8, 4) is 0 Å². The Balaban J connectivity index is 1.76. The molecule has 1 N–H and O–H groups in total. The lowest BCUT2D eigenvalue weighted by atomic mass is 9.85. The van der Waals surface area contributed by atoms with E-state index in [1.165, 1.54) is 9.80 Å². The summed E-state index contributed by atoms with van der Waals surface area (Å²) in [6.07, 6.45) is 5.39. The average molecular weight is 460 g/mol. The Bertz CT molecular complexity index is 890. The molecule has 172 valence electrons. The Hall–Kier alpha value is -2.67. The molecule has 1 aliphatic carbocycles. The first kappa shape index (κ1) is 24.0. The van der Waals surface area contributed by atoms with Crippen LogP contribution in [0.5, 0.6) is 0 Å². The Kier molecular flexibility index (Phi) is 8.07. The van der Waals surface area contributed by atoms with Crippen molar-refractivity contribution < 1.29 is 19.2 Å². The van der Waals surface area contributed by atoms with E-state index in [2.05, 4.69) is 5.32 Å². The molecule has 3 atom stereocenters. The summed E-state index contributed by atoms with van der Waals surface area (Å²) in [5.74, 6) is -1.57. The van der Waals surface area contributed by atoms with Crippen LogP contribution in [0.3, 0.4) is 0 Å². The Morgan fingerprint density at radius 2 is 1.75 bits per heavy atom. The van der Waals surface area contributed by atoms with Crippen molar-refractivity contribution in [3.63, 3.8) is 0 Å². The van der Waals surface area contributed by atoms with Crippen LogP contribution in [0.2, 0.25) is 5.02 Å². The molecule has 1 aromatic rings. The standard InChI is InChI=1S/C24H30ClN3O4/c1-3-20(22(30)26-4-2)28(15-16-9-5-8-12-19(16)25)21(29)13-14-27-23(31)17-10-6-7-11-18(17)24(27)32/h5-9,12,17-18,20H,3-4,10-11,13-15H2,1-2H3,(H,26,30)/t17-,18+,20-/m1/s1. The summed E-state index contributed by atoms with van der Waals surface area (Å²) in [7, 11) is 0. The van der Waals surface area contributed by atoms with Crippen LogP contribution in [0.1, 0.15) is 45.1 Å². The molecule has 2 aliphatic rings. The van der Waals surface area contributed by atoms with E-state index >= 15 is 0 Å². The van der Waals surface area contributed by atoms with Crippen molar-refractivity contribution in [1.82, 2.24) is 15.1 Å². The summed E-state index contributed by atoms with van der Waals surface area (Å²) in [4.78, 5) is 54.1. The molecule has 0 aromatic heterocycles. The van der Waals surface area contributed by atoms with Crippen LogP contribution < -0.4 is 5.32 Å². The normalized spacial score (nSPS) is 20.8. The van der Waals surface area contributed by atoms with Crippen molar-refractivity contribution in [2.75, 3.05) is 13.1 Å². The Morgan fingerprint density at radius 3 is 2.31 bits per heavy atom. The third-order valence-electron chi connectivity index (χ3n) is 6.18. The smallest absolute Gasteiger partial charge is 0.242 e. The summed E-state index contributed by atoms with van der Waals surface area (Å²) in [5.41, 5.74) is 0.732. The molecule has 1 saturated heterocycles. The first-order chi connectivity index (χ1) is 15.4. The highest BCUT2D eigenvalue weighted by atomic mass is 35.5. The van der Waals surface area contributed by atoms with Crippen molar-refractivity contribution in [3.05, 3.63) is 47.0 Å². The first-order valence-electron chi connectivity index (χ1n) is 11.2. The summed E-state index contributed by atoms with van der Waals surface area (Å²) in [6.45, 7) is 4.32. The van der Waals surface area contributed by atoms with E-state index < -0.39 is 6.04 Å². The number of likely N-dealkylation sites (tertiary alicyclic amines) is 1. The van der Waals surface area contributed by atoms with Crippen LogP contribution in [-0.4, -0.2) is 52.6 Å². The lowest BCUT2D eigenvalue weighted by molar-refractivity contribution is -0.144. The number of halogens is 1. The SMILES string of the molecule is CCNC(=O)[C@@H](CC)N(Cc1ccccc1Cl)C(=O)CCN1C(=O)[C@H]2CC=CC[C@H]2C1=O. The average Bonchev–Trinajstić information content (AvgIpc) is 3.03. The van der Waals surface area contributed by atoms with Crippen molar-refractivity contribution in [1.29, 1.82) is 0 Å². The highest BCUT2D eigenvalue weighted by Gasteiger charge is 2.47. The van der Waals surface area contributed by atoms with Gasteiger partial charge in [0, 0.05) is 31.1 Å². The number of likely N-dealkylation sites (N-methyl/N-ethyl adjacent to an activating group) is 1. The molecule has 1 fully saturated rings. The fourth-order valence-electron chi connectivity index (χ4n) is 4.46. The maximum Gasteiger partial charge on any atom is 0.242 e. The molecule has 0 spiro atoms. The fraction of sp³-hybridized carbons (Fsp3) is 0.500. The van der Waals surface area contributed by atoms with Crippen LogP contribution in [0.25, 0.3) is 0 Å². The van der Waals surface area contributed by atoms with Gasteiger partial charge >= 0.3 is 0 Å². The molecule has 32 heavy (non-hydrogen) atoms. The molecule has 0 radical (unpaired) electrons. The number of carbonyl (C=O) groups excluding carboxylic acids is 4. The topological polar surface area (TPSA) is 86.8 Å². The zero-order valence-corrected chi connectivity index (χ0v) is 19.3. The second-order valence-corrected chi connectivity index (χ2v) is 8.57. The van der Waals surface area contributed by atoms with Gasteiger partial charge in [0.1, 0.15) is 6.04 Å². The minimum Gasteiger partial charge on any atom is -0.355 e. The number of nitrogens with zero attached hydrogens (tertiary/aromatic N) is 2. The molecule has 4 amide bonds. The molecule has 1 aromatic carbocycles. The van der Waals surface area contributed by atoms with Crippen molar-refractivity contribution >= 4 is 35.2 Å². The number of amides is 4. The van der Waals surface area contributed by atoms with Gasteiger partial charge in [0.2, 0.25) is 23.6 Å². The van der Waals surface area contributed by atoms with Gasteiger partial charge < -0.3 is 10.2 Å². The number of carbonyl (C=O) groups is 4. The van der Waals surface area contributed by atoms with Gasteiger partial charge in [0.25, 0.3) is 0 Å². The number of hydrogen-bond donors (Lipinski definition) is 1. The van der Waals surface area contributed by atoms with Gasteiger partial charge in [0.05, 0.1) is 11.8 Å². The molecule has 7 nitrogen and oxygen atoms in total. The molecular formula is C24H30ClN3O4. The molecule has 0 bridgehead atoms. The fourth-order valence-corrected chi connectivity index (χ4v) is 4.66. The zero-order valence-electron chi connectivity index (χ0n) is 18.6. The first-order valence-corrected chi connectivity index (χ1v) is 11.6. The number of benzene rings is 1. The van der Waals surface area contributed by atoms with Gasteiger partial charge in [-0.3, -0.25) is 24.1 Å². The highest BCUT2D eigenvalue weighted by Crippen LogP contribution is 2.35. The minimum atomic E-state index is -0.671. The van der Waals surface area contributed by atoms with Crippen molar-refractivity contribution in [2.24, 2.45) is 11.8 Å². The van der Waals surface area contributed by atoms with E-state index in [4.69, 9.17) is 11.6 Å². The van der Waals surface area contributed by atoms with Gasteiger partial charge in [-0.15, -0.1) is 0 Å².